The second-order valence-electron chi connectivity index (χ2n) is 7.09. The molecule has 1 heterocycles. The first kappa shape index (κ1) is 15.3. The van der Waals surface area contributed by atoms with Gasteiger partial charge in [0.15, 0.2) is 0 Å². The van der Waals surface area contributed by atoms with E-state index in [4.69, 9.17) is 0 Å². The van der Waals surface area contributed by atoms with Gasteiger partial charge in [0.25, 0.3) is 0 Å². The first-order valence-electron chi connectivity index (χ1n) is 8.68. The molecule has 1 aliphatic carbocycles. The lowest BCUT2D eigenvalue weighted by Gasteiger charge is -2.36. The Kier molecular flexibility index (Phi) is 6.15. The predicted molar refractivity (Wildman–Crippen MR) is 83.5 cm³/mol. The number of nitrogens with zero attached hydrogens (tertiary/aromatic N) is 1. The van der Waals surface area contributed by atoms with Crippen LogP contribution >= 0.6 is 0 Å². The molecule has 2 heteroatoms. The molecule has 0 aromatic carbocycles. The molecule has 0 aromatic heterocycles. The molecule has 2 rings (SSSR count). The fourth-order valence-electron chi connectivity index (χ4n) is 4.14. The van der Waals surface area contributed by atoms with E-state index in [0.717, 1.165) is 17.9 Å². The summed E-state index contributed by atoms with van der Waals surface area (Å²) in [4.78, 5) is 2.82. The molecule has 2 atom stereocenters. The minimum atomic E-state index is 0.634. The van der Waals surface area contributed by atoms with Gasteiger partial charge in [-0.1, -0.05) is 40.0 Å². The highest BCUT2D eigenvalue weighted by molar-refractivity contribution is 4.87. The fraction of sp³-hybridized carbons (Fsp3) is 1.00. The molecule has 1 N–H and O–H groups in total. The molecule has 0 radical (unpaired) electrons. The third kappa shape index (κ3) is 4.46. The number of hydrogen-bond donors (Lipinski definition) is 1. The van der Waals surface area contributed by atoms with Crippen molar-refractivity contribution in [1.29, 1.82) is 0 Å². The van der Waals surface area contributed by atoms with Crippen LogP contribution in [0.1, 0.15) is 65.7 Å². The third-order valence-corrected chi connectivity index (χ3v) is 5.21. The van der Waals surface area contributed by atoms with E-state index in [1.165, 1.54) is 64.6 Å². The average molecular weight is 266 g/mol. The van der Waals surface area contributed by atoms with Crippen molar-refractivity contribution in [3.8, 4) is 0 Å². The summed E-state index contributed by atoms with van der Waals surface area (Å²) in [6, 6.07) is 1.51. The van der Waals surface area contributed by atoms with Crippen LogP contribution < -0.4 is 5.32 Å². The maximum Gasteiger partial charge on any atom is 0.0121 e. The highest BCUT2D eigenvalue weighted by Gasteiger charge is 2.32. The Balaban J connectivity index is 1.80. The number of likely N-dealkylation sites (tertiary alicyclic amines) is 1. The largest absolute Gasteiger partial charge is 0.314 e. The predicted octanol–water partition coefficient (Wildman–Crippen LogP) is 3.67. The summed E-state index contributed by atoms with van der Waals surface area (Å²) in [6.07, 6.45) is 10.2. The van der Waals surface area contributed by atoms with E-state index in [1.807, 2.05) is 0 Å². The molecular formula is C17H34N2. The molecule has 0 aromatic rings. The van der Waals surface area contributed by atoms with Gasteiger partial charge in [0.2, 0.25) is 0 Å². The summed E-state index contributed by atoms with van der Waals surface area (Å²) in [5.74, 6) is 1.88. The summed E-state index contributed by atoms with van der Waals surface area (Å²) < 4.78 is 0. The van der Waals surface area contributed by atoms with E-state index in [9.17, 15) is 0 Å². The zero-order chi connectivity index (χ0) is 13.7. The van der Waals surface area contributed by atoms with Gasteiger partial charge >= 0.3 is 0 Å². The number of hydrogen-bond acceptors (Lipinski definition) is 2. The van der Waals surface area contributed by atoms with Gasteiger partial charge < -0.3 is 5.32 Å². The highest BCUT2D eigenvalue weighted by Crippen LogP contribution is 2.32. The summed E-state index contributed by atoms with van der Waals surface area (Å²) in [6.45, 7) is 10.8. The molecule has 2 aliphatic rings. The Morgan fingerprint density at radius 3 is 2.47 bits per heavy atom. The Morgan fingerprint density at radius 1 is 1.11 bits per heavy atom. The third-order valence-electron chi connectivity index (χ3n) is 5.21. The van der Waals surface area contributed by atoms with Crippen LogP contribution in [0.3, 0.4) is 0 Å². The van der Waals surface area contributed by atoms with E-state index in [1.54, 1.807) is 0 Å². The molecule has 112 valence electrons. The van der Waals surface area contributed by atoms with E-state index in [-0.39, 0.29) is 0 Å². The van der Waals surface area contributed by atoms with Crippen LogP contribution in [0.4, 0.5) is 0 Å². The van der Waals surface area contributed by atoms with Crippen LogP contribution in [0.25, 0.3) is 0 Å². The van der Waals surface area contributed by atoms with Crippen LogP contribution in [0.5, 0.6) is 0 Å². The van der Waals surface area contributed by atoms with E-state index in [0.29, 0.717) is 6.04 Å². The SMILES string of the molecule is CCC(C1CCCCC1)N1CCC(CNC(C)C)C1. The van der Waals surface area contributed by atoms with Crippen molar-refractivity contribution in [2.24, 2.45) is 11.8 Å². The van der Waals surface area contributed by atoms with Crippen LogP contribution in [0, 0.1) is 11.8 Å². The van der Waals surface area contributed by atoms with Crippen molar-refractivity contribution in [3.05, 3.63) is 0 Å². The maximum absolute atomic E-state index is 3.62. The summed E-state index contributed by atoms with van der Waals surface area (Å²) in [7, 11) is 0. The monoisotopic (exact) mass is 266 g/mol. The van der Waals surface area contributed by atoms with Crippen LogP contribution in [-0.2, 0) is 0 Å². The first-order valence-corrected chi connectivity index (χ1v) is 8.68. The van der Waals surface area contributed by atoms with Crippen molar-refractivity contribution >= 4 is 0 Å². The molecule has 19 heavy (non-hydrogen) atoms. The van der Waals surface area contributed by atoms with Crippen LogP contribution in [-0.4, -0.2) is 36.6 Å². The zero-order valence-corrected chi connectivity index (χ0v) is 13.3. The minimum absolute atomic E-state index is 0.634. The lowest BCUT2D eigenvalue weighted by molar-refractivity contribution is 0.134. The van der Waals surface area contributed by atoms with Crippen LogP contribution in [0.15, 0.2) is 0 Å². The Bertz CT molecular complexity index is 246. The lowest BCUT2D eigenvalue weighted by atomic mass is 9.82. The number of nitrogens with one attached hydrogen (secondary N) is 1. The molecule has 0 spiro atoms. The Morgan fingerprint density at radius 2 is 1.84 bits per heavy atom. The van der Waals surface area contributed by atoms with Gasteiger partial charge in [-0.25, -0.2) is 0 Å². The highest BCUT2D eigenvalue weighted by atomic mass is 15.2. The first-order chi connectivity index (χ1) is 9.20. The fourth-order valence-corrected chi connectivity index (χ4v) is 4.14. The maximum atomic E-state index is 3.62. The normalized spacial score (nSPS) is 28.1. The summed E-state index contributed by atoms with van der Waals surface area (Å²) >= 11 is 0. The van der Waals surface area contributed by atoms with E-state index < -0.39 is 0 Å². The minimum Gasteiger partial charge on any atom is -0.314 e. The van der Waals surface area contributed by atoms with Gasteiger partial charge in [-0.2, -0.15) is 0 Å². The van der Waals surface area contributed by atoms with Crippen molar-refractivity contribution in [2.75, 3.05) is 19.6 Å². The molecule has 1 saturated heterocycles. The average Bonchev–Trinajstić information content (AvgIpc) is 2.87. The molecule has 2 nitrogen and oxygen atoms in total. The number of rotatable bonds is 6. The van der Waals surface area contributed by atoms with Crippen molar-refractivity contribution in [2.45, 2.75) is 77.8 Å². The van der Waals surface area contributed by atoms with Gasteiger partial charge in [0.1, 0.15) is 0 Å². The summed E-state index contributed by atoms with van der Waals surface area (Å²) in [5.41, 5.74) is 0. The second kappa shape index (κ2) is 7.64. The molecule has 2 fully saturated rings. The van der Waals surface area contributed by atoms with Gasteiger partial charge in [0.05, 0.1) is 0 Å². The van der Waals surface area contributed by atoms with Crippen LogP contribution in [0.2, 0.25) is 0 Å². The smallest absolute Gasteiger partial charge is 0.0121 e. The molecule has 1 aliphatic heterocycles. The molecule has 0 bridgehead atoms. The van der Waals surface area contributed by atoms with Gasteiger partial charge in [-0.15, -0.1) is 0 Å². The standard InChI is InChI=1S/C17H34N2/c1-4-17(16-8-6-5-7-9-16)19-11-10-15(13-19)12-18-14(2)3/h14-18H,4-13H2,1-3H3. The second-order valence-corrected chi connectivity index (χ2v) is 7.09. The quantitative estimate of drug-likeness (QED) is 0.789. The van der Waals surface area contributed by atoms with Gasteiger partial charge in [0, 0.05) is 18.6 Å². The van der Waals surface area contributed by atoms with Crippen molar-refractivity contribution in [1.82, 2.24) is 10.2 Å². The van der Waals surface area contributed by atoms with E-state index in [2.05, 4.69) is 31.0 Å². The van der Waals surface area contributed by atoms with Gasteiger partial charge in [-0.05, 0) is 50.6 Å². The Hall–Kier alpha value is -0.0800. The molecular weight excluding hydrogens is 232 g/mol. The topological polar surface area (TPSA) is 15.3 Å². The van der Waals surface area contributed by atoms with Gasteiger partial charge in [-0.3, -0.25) is 4.90 Å². The molecule has 1 saturated carbocycles. The van der Waals surface area contributed by atoms with E-state index >= 15 is 0 Å². The molecule has 2 unspecified atom stereocenters. The Labute approximate surface area is 120 Å². The summed E-state index contributed by atoms with van der Waals surface area (Å²) in [5, 5.41) is 3.62. The van der Waals surface area contributed by atoms with Crippen molar-refractivity contribution < 1.29 is 0 Å². The zero-order valence-electron chi connectivity index (χ0n) is 13.3. The molecule has 0 amide bonds. The lowest BCUT2D eigenvalue weighted by Crippen LogP contribution is -2.40. The van der Waals surface area contributed by atoms with Crippen molar-refractivity contribution in [3.63, 3.8) is 0 Å².